The first-order valence-corrected chi connectivity index (χ1v) is 8.71. The van der Waals surface area contributed by atoms with Crippen molar-refractivity contribution >= 4 is 16.3 Å². The van der Waals surface area contributed by atoms with Crippen molar-refractivity contribution in [1.29, 1.82) is 0 Å². The fourth-order valence-corrected chi connectivity index (χ4v) is 3.84. The van der Waals surface area contributed by atoms with Crippen LogP contribution >= 0.6 is 0 Å². The van der Waals surface area contributed by atoms with Crippen LogP contribution in [0.1, 0.15) is 13.8 Å². The Morgan fingerprint density at radius 3 is 2.52 bits per heavy atom. The number of carbonyl (C=O) groups is 1. The van der Waals surface area contributed by atoms with Crippen molar-refractivity contribution < 1.29 is 36.7 Å². The van der Waals surface area contributed by atoms with Gasteiger partial charge in [0, 0.05) is 20.0 Å². The quantitative estimate of drug-likeness (QED) is 0.716. The minimum absolute atomic E-state index is 0.190. The lowest BCUT2D eigenvalue weighted by molar-refractivity contribution is -0.334. The topological polar surface area (TPSA) is 112 Å². The van der Waals surface area contributed by atoms with Crippen LogP contribution in [-0.4, -0.2) is 74.7 Å². The van der Waals surface area contributed by atoms with E-state index in [0.29, 0.717) is 0 Å². The molecule has 1 unspecified atom stereocenters. The molecule has 9 nitrogen and oxygen atoms in total. The van der Waals surface area contributed by atoms with E-state index in [-0.39, 0.29) is 6.61 Å². The highest BCUT2D eigenvalue weighted by Gasteiger charge is 2.69. The second-order valence-corrected chi connectivity index (χ2v) is 8.45. The molecule has 6 atom stereocenters. The predicted molar refractivity (Wildman–Crippen MR) is 75.7 cm³/mol. The predicted octanol–water partition coefficient (Wildman–Crippen LogP) is -0.572. The summed E-state index contributed by atoms with van der Waals surface area (Å²) < 4.78 is 47.5. The Morgan fingerprint density at radius 1 is 1.30 bits per heavy atom. The van der Waals surface area contributed by atoms with Crippen molar-refractivity contribution in [3.05, 3.63) is 0 Å². The van der Waals surface area contributed by atoms with Gasteiger partial charge in [0.15, 0.2) is 5.79 Å². The Bertz CT molecular complexity index is 603. The van der Waals surface area contributed by atoms with Crippen LogP contribution < -0.4 is 0 Å². The number of rotatable bonds is 4. The Kier molecular flexibility index (Phi) is 3.98. The highest BCUT2D eigenvalue weighted by atomic mass is 32.2. The number of hydrogen-bond donors (Lipinski definition) is 1. The molecular formula is C13H21NO8S. The van der Waals surface area contributed by atoms with Gasteiger partial charge in [-0.15, -0.1) is 0 Å². The van der Waals surface area contributed by atoms with Gasteiger partial charge in [0.2, 0.25) is 0 Å². The van der Waals surface area contributed by atoms with E-state index in [0.717, 1.165) is 4.31 Å². The fourth-order valence-electron chi connectivity index (χ4n) is 3.15. The molecule has 132 valence electrons. The molecule has 0 aromatic heterocycles. The Balaban J connectivity index is 1.89. The highest BCUT2D eigenvalue weighted by Crippen LogP contribution is 2.53. The lowest BCUT2D eigenvalue weighted by Crippen LogP contribution is -2.59. The number of hydrogen-bond acceptors (Lipinski definition) is 7. The van der Waals surface area contributed by atoms with Gasteiger partial charge in [-0.3, -0.25) is 8.98 Å². The van der Waals surface area contributed by atoms with Crippen LogP contribution in [-0.2, 0) is 33.5 Å². The normalized spacial score (nSPS) is 42.0. The molecule has 3 fully saturated rings. The molecule has 10 heteroatoms. The average molecular weight is 351 g/mol. The molecule has 2 aliphatic heterocycles. The third-order valence-electron chi connectivity index (χ3n) is 4.39. The van der Waals surface area contributed by atoms with Gasteiger partial charge in [-0.2, -0.15) is 12.7 Å². The maximum atomic E-state index is 12.1. The van der Waals surface area contributed by atoms with E-state index in [9.17, 15) is 18.3 Å². The molecule has 23 heavy (non-hydrogen) atoms. The minimum atomic E-state index is -3.98. The summed E-state index contributed by atoms with van der Waals surface area (Å²) in [7, 11) is -1.28. The first-order valence-electron chi connectivity index (χ1n) is 7.34. The van der Waals surface area contributed by atoms with Crippen LogP contribution in [0.15, 0.2) is 0 Å². The van der Waals surface area contributed by atoms with Gasteiger partial charge in [0.05, 0.1) is 18.6 Å². The van der Waals surface area contributed by atoms with E-state index >= 15 is 0 Å². The number of ether oxygens (including phenoxy) is 3. The Hall–Kier alpha value is -0.780. The summed E-state index contributed by atoms with van der Waals surface area (Å²) in [6.45, 7) is 3.60. The van der Waals surface area contributed by atoms with E-state index in [2.05, 4.69) is 0 Å². The monoisotopic (exact) mass is 351 g/mol. The van der Waals surface area contributed by atoms with Crippen molar-refractivity contribution in [2.45, 2.75) is 44.1 Å². The standard InChI is InChI=1S/C13H21NO8S/c1-13(2)19-5-6-9(21-13)11(22-23(17,18)14(3)4)7-8(12(15)16)10(7)20-6/h6-11H,5H2,1-4H3,(H,15,16)/t6-,7+,8?,9-,10+,11-/m1/s1. The van der Waals surface area contributed by atoms with Gasteiger partial charge in [-0.25, -0.2) is 0 Å². The molecular weight excluding hydrogens is 330 g/mol. The largest absolute Gasteiger partial charge is 0.481 e. The number of nitrogens with zero attached hydrogens (tertiary/aromatic N) is 1. The second-order valence-electron chi connectivity index (χ2n) is 6.67. The smallest absolute Gasteiger partial charge is 0.338 e. The van der Waals surface area contributed by atoms with Gasteiger partial charge in [0.1, 0.15) is 18.3 Å². The van der Waals surface area contributed by atoms with Crippen LogP contribution in [0.3, 0.4) is 0 Å². The molecule has 2 heterocycles. The molecule has 3 rings (SSSR count). The maximum absolute atomic E-state index is 12.1. The third-order valence-corrected chi connectivity index (χ3v) is 5.75. The van der Waals surface area contributed by atoms with Crippen LogP contribution in [0.4, 0.5) is 0 Å². The van der Waals surface area contributed by atoms with Crippen LogP contribution in [0.2, 0.25) is 0 Å². The third kappa shape index (κ3) is 2.99. The Morgan fingerprint density at radius 2 is 1.96 bits per heavy atom. The van der Waals surface area contributed by atoms with Gasteiger partial charge in [-0.1, -0.05) is 0 Å². The van der Waals surface area contributed by atoms with Crippen LogP contribution in [0.25, 0.3) is 0 Å². The number of carboxylic acid groups (broad SMARTS) is 1. The second kappa shape index (κ2) is 5.36. The molecule has 1 aliphatic carbocycles. The number of fused-ring (bicyclic) bond motifs is 2. The zero-order valence-electron chi connectivity index (χ0n) is 13.3. The van der Waals surface area contributed by atoms with E-state index in [4.69, 9.17) is 18.4 Å². The minimum Gasteiger partial charge on any atom is -0.481 e. The van der Waals surface area contributed by atoms with Crippen molar-refractivity contribution in [3.63, 3.8) is 0 Å². The lowest BCUT2D eigenvalue weighted by Gasteiger charge is -2.45. The molecule has 0 aromatic rings. The average Bonchev–Trinajstić information content (AvgIpc) is 3.12. The van der Waals surface area contributed by atoms with Gasteiger partial charge in [-0.05, 0) is 13.8 Å². The zero-order chi connectivity index (χ0) is 17.2. The first kappa shape index (κ1) is 17.1. The lowest BCUT2D eigenvalue weighted by atomic mass is 9.99. The van der Waals surface area contributed by atoms with E-state index in [1.54, 1.807) is 13.8 Å². The molecule has 2 saturated heterocycles. The van der Waals surface area contributed by atoms with E-state index in [1.807, 2.05) is 0 Å². The summed E-state index contributed by atoms with van der Waals surface area (Å²) in [4.78, 5) is 11.3. The van der Waals surface area contributed by atoms with Crippen molar-refractivity contribution in [1.82, 2.24) is 4.31 Å². The molecule has 0 amide bonds. The van der Waals surface area contributed by atoms with E-state index in [1.165, 1.54) is 14.1 Å². The summed E-state index contributed by atoms with van der Waals surface area (Å²) >= 11 is 0. The summed E-state index contributed by atoms with van der Waals surface area (Å²) in [5.74, 6) is -3.31. The fraction of sp³-hybridized carbons (Fsp3) is 0.923. The van der Waals surface area contributed by atoms with Crippen molar-refractivity contribution in [2.75, 3.05) is 20.7 Å². The SMILES string of the molecule is CN(C)S(=O)(=O)O[C@H]1[C@@H]2OC(C)(C)OC[C@H]2O[C@@H]2C(C(=O)O)[C@H]12. The molecule has 0 spiro atoms. The first-order chi connectivity index (χ1) is 10.5. The zero-order valence-corrected chi connectivity index (χ0v) is 14.1. The van der Waals surface area contributed by atoms with Crippen LogP contribution in [0, 0.1) is 11.8 Å². The van der Waals surface area contributed by atoms with Gasteiger partial charge < -0.3 is 19.3 Å². The summed E-state index contributed by atoms with van der Waals surface area (Å²) in [5.41, 5.74) is 0. The van der Waals surface area contributed by atoms with Gasteiger partial charge >= 0.3 is 16.3 Å². The Labute approximate surface area is 134 Å². The summed E-state index contributed by atoms with van der Waals surface area (Å²) in [5, 5.41) is 9.28. The molecule has 3 aliphatic rings. The number of carboxylic acids is 1. The molecule has 1 N–H and O–H groups in total. The summed E-state index contributed by atoms with van der Waals surface area (Å²) in [6, 6.07) is 0. The van der Waals surface area contributed by atoms with E-state index < -0.39 is 58.3 Å². The molecule has 0 aromatic carbocycles. The summed E-state index contributed by atoms with van der Waals surface area (Å²) in [6.07, 6.45) is -2.77. The van der Waals surface area contributed by atoms with Crippen molar-refractivity contribution in [3.8, 4) is 0 Å². The van der Waals surface area contributed by atoms with Crippen LogP contribution in [0.5, 0.6) is 0 Å². The molecule has 0 radical (unpaired) electrons. The molecule has 0 bridgehead atoms. The molecule has 1 saturated carbocycles. The van der Waals surface area contributed by atoms with Crippen molar-refractivity contribution in [2.24, 2.45) is 11.8 Å². The number of aliphatic carboxylic acids is 1. The highest BCUT2D eigenvalue weighted by molar-refractivity contribution is 7.84. The van der Waals surface area contributed by atoms with Gasteiger partial charge in [0.25, 0.3) is 0 Å². The maximum Gasteiger partial charge on any atom is 0.338 e.